The van der Waals surface area contributed by atoms with Crippen molar-refractivity contribution < 1.29 is 4.79 Å². The maximum Gasteiger partial charge on any atom is 0.228 e. The molecule has 0 spiro atoms. The van der Waals surface area contributed by atoms with Gasteiger partial charge in [0.05, 0.1) is 11.2 Å². The standard InChI is InChI=1S/C16H12ClNO/c1-11(19)18-15-8-7-14(17)9-13(15)10-16(18)12-5-3-2-4-6-12/h2-10H,1H3. The van der Waals surface area contributed by atoms with Gasteiger partial charge in [-0.15, -0.1) is 0 Å². The lowest BCUT2D eigenvalue weighted by atomic mass is 10.1. The van der Waals surface area contributed by atoms with Gasteiger partial charge in [-0.25, -0.2) is 0 Å². The zero-order chi connectivity index (χ0) is 13.4. The number of hydrogen-bond donors (Lipinski definition) is 0. The summed E-state index contributed by atoms with van der Waals surface area (Å²) in [4.78, 5) is 11.9. The molecule has 0 saturated carbocycles. The van der Waals surface area contributed by atoms with E-state index in [-0.39, 0.29) is 5.91 Å². The molecule has 0 radical (unpaired) electrons. The molecule has 0 aliphatic rings. The summed E-state index contributed by atoms with van der Waals surface area (Å²) in [6.07, 6.45) is 0. The number of aromatic nitrogens is 1. The van der Waals surface area contributed by atoms with Gasteiger partial charge in [-0.05, 0) is 29.8 Å². The average Bonchev–Trinajstić information content (AvgIpc) is 2.78. The van der Waals surface area contributed by atoms with Gasteiger partial charge in [0.1, 0.15) is 0 Å². The molecule has 0 amide bonds. The first-order valence-corrected chi connectivity index (χ1v) is 6.42. The third-order valence-corrected chi connectivity index (χ3v) is 3.38. The zero-order valence-corrected chi connectivity index (χ0v) is 11.2. The zero-order valence-electron chi connectivity index (χ0n) is 10.4. The van der Waals surface area contributed by atoms with Crippen LogP contribution in [0.1, 0.15) is 11.7 Å². The van der Waals surface area contributed by atoms with E-state index in [1.165, 1.54) is 0 Å². The Labute approximate surface area is 116 Å². The molecule has 0 bridgehead atoms. The Balaban J connectivity index is 2.35. The second-order valence-corrected chi connectivity index (χ2v) is 4.89. The first-order chi connectivity index (χ1) is 9.16. The number of rotatable bonds is 1. The maximum atomic E-state index is 11.9. The van der Waals surface area contributed by atoms with E-state index >= 15 is 0 Å². The van der Waals surface area contributed by atoms with Crippen LogP contribution in [0.3, 0.4) is 0 Å². The summed E-state index contributed by atoms with van der Waals surface area (Å²) >= 11 is 6.01. The number of carbonyl (C=O) groups is 1. The average molecular weight is 270 g/mol. The third kappa shape index (κ3) is 2.04. The van der Waals surface area contributed by atoms with E-state index in [1.807, 2.05) is 48.5 Å². The van der Waals surface area contributed by atoms with Gasteiger partial charge >= 0.3 is 0 Å². The molecule has 2 nitrogen and oxygen atoms in total. The molecule has 19 heavy (non-hydrogen) atoms. The fraction of sp³-hybridized carbons (Fsp3) is 0.0625. The van der Waals surface area contributed by atoms with Crippen molar-refractivity contribution in [3.05, 3.63) is 59.6 Å². The summed E-state index contributed by atoms with van der Waals surface area (Å²) in [5.41, 5.74) is 2.80. The number of carbonyl (C=O) groups excluding carboxylic acids is 1. The first-order valence-electron chi connectivity index (χ1n) is 6.04. The van der Waals surface area contributed by atoms with Crippen LogP contribution in [0, 0.1) is 0 Å². The molecule has 0 atom stereocenters. The molecule has 0 aliphatic heterocycles. The lowest BCUT2D eigenvalue weighted by molar-refractivity contribution is 0.0943. The van der Waals surface area contributed by atoms with Gasteiger partial charge in [0.25, 0.3) is 0 Å². The molecule has 0 unspecified atom stereocenters. The van der Waals surface area contributed by atoms with Crippen molar-refractivity contribution in [2.75, 3.05) is 0 Å². The fourth-order valence-corrected chi connectivity index (χ4v) is 2.53. The van der Waals surface area contributed by atoms with Crippen molar-refractivity contribution in [3.63, 3.8) is 0 Å². The molecule has 3 heteroatoms. The van der Waals surface area contributed by atoms with Gasteiger partial charge < -0.3 is 0 Å². The normalized spacial score (nSPS) is 10.8. The lowest BCUT2D eigenvalue weighted by Gasteiger charge is -2.06. The molecule has 1 aromatic heterocycles. The largest absolute Gasteiger partial charge is 0.280 e. The predicted octanol–water partition coefficient (Wildman–Crippen LogP) is 4.62. The molecule has 3 rings (SSSR count). The molecule has 1 heterocycles. The molecule has 0 aliphatic carbocycles. The van der Waals surface area contributed by atoms with Gasteiger partial charge in [-0.3, -0.25) is 9.36 Å². The number of nitrogens with zero attached hydrogens (tertiary/aromatic N) is 1. The highest BCUT2D eigenvalue weighted by atomic mass is 35.5. The smallest absolute Gasteiger partial charge is 0.228 e. The van der Waals surface area contributed by atoms with E-state index in [4.69, 9.17) is 11.6 Å². The predicted molar refractivity (Wildman–Crippen MR) is 78.7 cm³/mol. The van der Waals surface area contributed by atoms with Crippen LogP contribution in [0.4, 0.5) is 0 Å². The Hall–Kier alpha value is -2.06. The van der Waals surface area contributed by atoms with Crippen LogP contribution in [-0.4, -0.2) is 10.5 Å². The maximum absolute atomic E-state index is 11.9. The van der Waals surface area contributed by atoms with Crippen LogP contribution in [0.5, 0.6) is 0 Å². The topological polar surface area (TPSA) is 22.0 Å². The Morgan fingerprint density at radius 3 is 2.47 bits per heavy atom. The Morgan fingerprint density at radius 1 is 1.05 bits per heavy atom. The summed E-state index contributed by atoms with van der Waals surface area (Å²) in [6, 6.07) is 17.4. The first kappa shape index (κ1) is 12.0. The minimum atomic E-state index is -0.00354. The molecule has 3 aromatic rings. The van der Waals surface area contributed by atoms with Crippen LogP contribution < -0.4 is 0 Å². The monoisotopic (exact) mass is 269 g/mol. The minimum Gasteiger partial charge on any atom is -0.280 e. The molecule has 0 fully saturated rings. The van der Waals surface area contributed by atoms with Crippen LogP contribution in [0.2, 0.25) is 5.02 Å². The fourth-order valence-electron chi connectivity index (χ4n) is 2.35. The Kier molecular flexibility index (Phi) is 2.88. The van der Waals surface area contributed by atoms with Crippen molar-refractivity contribution in [2.45, 2.75) is 6.92 Å². The van der Waals surface area contributed by atoms with E-state index in [0.29, 0.717) is 5.02 Å². The highest BCUT2D eigenvalue weighted by Gasteiger charge is 2.13. The van der Waals surface area contributed by atoms with E-state index < -0.39 is 0 Å². The van der Waals surface area contributed by atoms with Crippen LogP contribution in [0.15, 0.2) is 54.6 Å². The summed E-state index contributed by atoms with van der Waals surface area (Å²) in [6.45, 7) is 1.57. The number of hydrogen-bond acceptors (Lipinski definition) is 1. The molecular weight excluding hydrogens is 258 g/mol. The van der Waals surface area contributed by atoms with Crippen molar-refractivity contribution in [1.82, 2.24) is 4.57 Å². The Morgan fingerprint density at radius 2 is 1.79 bits per heavy atom. The third-order valence-electron chi connectivity index (χ3n) is 3.15. The van der Waals surface area contributed by atoms with Crippen molar-refractivity contribution in [3.8, 4) is 11.3 Å². The van der Waals surface area contributed by atoms with Gasteiger partial charge in [0.15, 0.2) is 0 Å². The summed E-state index contributed by atoms with van der Waals surface area (Å²) < 4.78 is 1.72. The van der Waals surface area contributed by atoms with Crippen LogP contribution >= 0.6 is 11.6 Å². The van der Waals surface area contributed by atoms with E-state index in [2.05, 4.69) is 0 Å². The van der Waals surface area contributed by atoms with Crippen LogP contribution in [-0.2, 0) is 0 Å². The molecule has 2 aromatic carbocycles. The van der Waals surface area contributed by atoms with Gasteiger partial charge in [-0.2, -0.15) is 0 Å². The van der Waals surface area contributed by atoms with E-state index in [9.17, 15) is 4.79 Å². The van der Waals surface area contributed by atoms with Gasteiger partial charge in [0, 0.05) is 17.3 Å². The number of benzene rings is 2. The van der Waals surface area contributed by atoms with Crippen molar-refractivity contribution >= 4 is 28.4 Å². The van der Waals surface area contributed by atoms with E-state index in [1.54, 1.807) is 17.6 Å². The van der Waals surface area contributed by atoms with Gasteiger partial charge in [0.2, 0.25) is 5.91 Å². The van der Waals surface area contributed by atoms with Crippen molar-refractivity contribution in [2.24, 2.45) is 0 Å². The second kappa shape index (κ2) is 4.56. The Bertz CT molecular complexity index is 759. The lowest BCUT2D eigenvalue weighted by Crippen LogP contribution is -2.06. The summed E-state index contributed by atoms with van der Waals surface area (Å²) in [5, 5.41) is 1.65. The SMILES string of the molecule is CC(=O)n1c(-c2ccccc2)cc2cc(Cl)ccc21. The van der Waals surface area contributed by atoms with Gasteiger partial charge in [-0.1, -0.05) is 41.9 Å². The highest BCUT2D eigenvalue weighted by Crippen LogP contribution is 2.29. The quantitative estimate of drug-likeness (QED) is 0.632. The molecule has 0 saturated heterocycles. The van der Waals surface area contributed by atoms with E-state index in [0.717, 1.165) is 22.2 Å². The summed E-state index contributed by atoms with van der Waals surface area (Å²) in [7, 11) is 0. The number of halogens is 1. The highest BCUT2D eigenvalue weighted by molar-refractivity contribution is 6.31. The number of fused-ring (bicyclic) bond motifs is 1. The summed E-state index contributed by atoms with van der Waals surface area (Å²) in [5.74, 6) is -0.00354. The molecular formula is C16H12ClNO. The molecule has 0 N–H and O–H groups in total. The van der Waals surface area contributed by atoms with Crippen molar-refractivity contribution in [1.29, 1.82) is 0 Å². The molecule has 94 valence electrons. The van der Waals surface area contributed by atoms with Crippen LogP contribution in [0.25, 0.3) is 22.2 Å². The minimum absolute atomic E-state index is 0.00354. The second-order valence-electron chi connectivity index (χ2n) is 4.45.